The van der Waals surface area contributed by atoms with Crippen molar-refractivity contribution in [3.05, 3.63) is 29.1 Å². The summed E-state index contributed by atoms with van der Waals surface area (Å²) in [5.41, 5.74) is 0.305. The highest BCUT2D eigenvalue weighted by molar-refractivity contribution is 7.93. The Morgan fingerprint density at radius 1 is 1.30 bits per heavy atom. The van der Waals surface area contributed by atoms with E-state index >= 15 is 0 Å². The Morgan fingerprint density at radius 3 is 2.63 bits per heavy atom. The van der Waals surface area contributed by atoms with Crippen molar-refractivity contribution in [3.63, 3.8) is 0 Å². The van der Waals surface area contributed by atoms with Gasteiger partial charge in [-0.2, -0.15) is 4.98 Å². The third-order valence-electron chi connectivity index (χ3n) is 5.41. The van der Waals surface area contributed by atoms with E-state index in [1.807, 2.05) is 0 Å². The summed E-state index contributed by atoms with van der Waals surface area (Å²) in [7, 11) is -3.23. The minimum absolute atomic E-state index is 0.116. The summed E-state index contributed by atoms with van der Waals surface area (Å²) < 4.78 is 28.6. The number of nitrogens with one attached hydrogen (secondary N) is 1. The summed E-state index contributed by atoms with van der Waals surface area (Å²) in [5.74, 6) is 2.67. The zero-order valence-electron chi connectivity index (χ0n) is 15.6. The minimum atomic E-state index is -3.23. The molecule has 1 N–H and O–H groups in total. The topological polar surface area (TPSA) is 98.2 Å². The number of carbonyl (C=O) groups is 1. The van der Waals surface area contributed by atoms with Crippen molar-refractivity contribution in [2.24, 2.45) is 11.8 Å². The molecular formula is C19H25N3O4S. The van der Waals surface area contributed by atoms with E-state index in [-0.39, 0.29) is 12.0 Å². The van der Waals surface area contributed by atoms with Gasteiger partial charge in [0.1, 0.15) is 17.5 Å². The zero-order chi connectivity index (χ0) is 19.2. The molecule has 0 aliphatic heterocycles. The predicted octanol–water partition coefficient (Wildman–Crippen LogP) is 2.21. The number of carbonyl (C=O) groups excluding carboxylic acids is 1. The van der Waals surface area contributed by atoms with Gasteiger partial charge in [0.05, 0.1) is 0 Å². The van der Waals surface area contributed by atoms with Gasteiger partial charge in [0, 0.05) is 29.8 Å². The van der Waals surface area contributed by atoms with Crippen molar-refractivity contribution in [1.29, 1.82) is 0 Å². The van der Waals surface area contributed by atoms with Crippen LogP contribution in [0, 0.1) is 11.8 Å². The molecule has 0 radical (unpaired) electrons. The van der Waals surface area contributed by atoms with Crippen LogP contribution in [0.4, 0.5) is 0 Å². The number of sulfone groups is 1. The van der Waals surface area contributed by atoms with Crippen molar-refractivity contribution < 1.29 is 17.9 Å². The second-order valence-corrected chi connectivity index (χ2v) is 10.0. The summed E-state index contributed by atoms with van der Waals surface area (Å²) in [6.07, 6.45) is 9.72. The fraction of sp³-hybridized carbons (Fsp3) is 0.632. The van der Waals surface area contributed by atoms with Crippen LogP contribution in [0.1, 0.15) is 61.1 Å². The normalized spacial score (nSPS) is 28.0. The van der Waals surface area contributed by atoms with Gasteiger partial charge in [0.2, 0.25) is 5.88 Å². The van der Waals surface area contributed by atoms with E-state index in [9.17, 15) is 13.2 Å². The molecule has 4 rings (SSSR count). The maximum Gasteiger partial charge on any atom is 0.258 e. The summed E-state index contributed by atoms with van der Waals surface area (Å²) in [4.78, 5) is 21.6. The lowest BCUT2D eigenvalue weighted by Crippen LogP contribution is -2.32. The lowest BCUT2D eigenvalue weighted by Gasteiger charge is -2.18. The summed E-state index contributed by atoms with van der Waals surface area (Å²) in [5, 5.41) is 3.86. The Morgan fingerprint density at radius 2 is 2.00 bits per heavy atom. The highest BCUT2D eigenvalue weighted by atomic mass is 32.2. The number of nitrogens with zero attached hydrogens (tertiary/aromatic N) is 2. The number of hydrogen-bond donors (Lipinski definition) is 1. The van der Waals surface area contributed by atoms with Gasteiger partial charge in [0.15, 0.2) is 9.84 Å². The first-order valence-corrected chi connectivity index (χ1v) is 11.5. The maximum absolute atomic E-state index is 12.7. The summed E-state index contributed by atoms with van der Waals surface area (Å²) >= 11 is 0. The van der Waals surface area contributed by atoms with Crippen molar-refractivity contribution in [2.45, 2.75) is 57.1 Å². The Balaban J connectivity index is 1.49. The van der Waals surface area contributed by atoms with Gasteiger partial charge in [-0.3, -0.25) is 4.79 Å². The molecule has 1 heterocycles. The molecule has 0 aromatic carbocycles. The van der Waals surface area contributed by atoms with E-state index in [1.54, 1.807) is 6.92 Å². The van der Waals surface area contributed by atoms with E-state index in [0.717, 1.165) is 55.0 Å². The molecule has 0 spiro atoms. The fourth-order valence-electron chi connectivity index (χ4n) is 3.67. The standard InChI is InChI=1S/C19H25N3O4S/c1-11(5-6-27(2,24)25)21-18(23)16-10-20-17(12-3-4-12)22-19(16)26-15-8-13-7-14(13)9-15/h5-6,10-15H,3-4,7-9H2,1-2H3,(H,21,23)/b6-5+/t11-,13-,14+,15-/m0/s1. The second-order valence-electron chi connectivity index (χ2n) is 8.11. The Labute approximate surface area is 159 Å². The Bertz CT molecular complexity index is 869. The molecule has 8 heteroatoms. The lowest BCUT2D eigenvalue weighted by molar-refractivity contribution is 0.0936. The number of fused-ring (bicyclic) bond motifs is 1. The van der Waals surface area contributed by atoms with Crippen molar-refractivity contribution in [2.75, 3.05) is 6.26 Å². The Kier molecular flexibility index (Phi) is 4.70. The van der Waals surface area contributed by atoms with Crippen LogP contribution in [0.25, 0.3) is 0 Å². The molecule has 0 unspecified atom stereocenters. The SMILES string of the molecule is C[C@@H](/C=C/S(C)(=O)=O)NC(=O)c1cnc(C2CC2)nc1O[C@H]1C[C@@H]2C[C@@H]2C1. The molecule has 0 saturated heterocycles. The van der Waals surface area contributed by atoms with Gasteiger partial charge < -0.3 is 10.1 Å². The molecule has 146 valence electrons. The van der Waals surface area contributed by atoms with Gasteiger partial charge in [0.25, 0.3) is 5.91 Å². The minimum Gasteiger partial charge on any atom is -0.474 e. The highest BCUT2D eigenvalue weighted by Gasteiger charge is 2.47. The Hall–Kier alpha value is -1.96. The van der Waals surface area contributed by atoms with Gasteiger partial charge in [-0.15, -0.1) is 0 Å². The molecule has 3 aliphatic rings. The molecule has 3 aliphatic carbocycles. The number of rotatable bonds is 7. The molecule has 0 bridgehead atoms. The lowest BCUT2D eigenvalue weighted by atomic mass is 10.2. The quantitative estimate of drug-likeness (QED) is 0.765. The molecular weight excluding hydrogens is 366 g/mol. The first-order valence-electron chi connectivity index (χ1n) is 9.51. The average molecular weight is 391 g/mol. The van der Waals surface area contributed by atoms with E-state index in [2.05, 4.69) is 15.3 Å². The number of amides is 1. The molecule has 3 saturated carbocycles. The molecule has 4 atom stereocenters. The van der Waals surface area contributed by atoms with Crippen molar-refractivity contribution in [3.8, 4) is 5.88 Å². The summed E-state index contributed by atoms with van der Waals surface area (Å²) in [6, 6.07) is -0.442. The van der Waals surface area contributed by atoms with Crippen LogP contribution >= 0.6 is 0 Å². The van der Waals surface area contributed by atoms with Crippen LogP contribution in [0.15, 0.2) is 17.7 Å². The van der Waals surface area contributed by atoms with Crippen LogP contribution in [0.2, 0.25) is 0 Å². The van der Waals surface area contributed by atoms with Crippen LogP contribution in [0.5, 0.6) is 5.88 Å². The first-order chi connectivity index (χ1) is 12.8. The third kappa shape index (κ3) is 4.66. The predicted molar refractivity (Wildman–Crippen MR) is 100 cm³/mol. The van der Waals surface area contributed by atoms with E-state index < -0.39 is 15.9 Å². The average Bonchev–Trinajstić information content (AvgIpc) is 3.51. The third-order valence-corrected chi connectivity index (χ3v) is 6.06. The van der Waals surface area contributed by atoms with Gasteiger partial charge in [-0.25, -0.2) is 13.4 Å². The van der Waals surface area contributed by atoms with Crippen LogP contribution < -0.4 is 10.1 Å². The zero-order valence-corrected chi connectivity index (χ0v) is 16.4. The summed E-state index contributed by atoms with van der Waals surface area (Å²) in [6.45, 7) is 1.71. The number of hydrogen-bond acceptors (Lipinski definition) is 6. The monoisotopic (exact) mass is 391 g/mol. The molecule has 27 heavy (non-hydrogen) atoms. The highest BCUT2D eigenvalue weighted by Crippen LogP contribution is 2.52. The molecule has 1 aromatic rings. The van der Waals surface area contributed by atoms with Gasteiger partial charge >= 0.3 is 0 Å². The first kappa shape index (κ1) is 18.4. The molecule has 1 aromatic heterocycles. The molecule has 7 nitrogen and oxygen atoms in total. The van der Waals surface area contributed by atoms with Crippen LogP contribution in [0.3, 0.4) is 0 Å². The van der Waals surface area contributed by atoms with Crippen molar-refractivity contribution >= 4 is 15.7 Å². The number of aromatic nitrogens is 2. The van der Waals surface area contributed by atoms with E-state index in [1.165, 1.54) is 18.7 Å². The van der Waals surface area contributed by atoms with Crippen LogP contribution in [-0.2, 0) is 9.84 Å². The smallest absolute Gasteiger partial charge is 0.258 e. The largest absolute Gasteiger partial charge is 0.474 e. The van der Waals surface area contributed by atoms with E-state index in [4.69, 9.17) is 4.74 Å². The molecule has 1 amide bonds. The van der Waals surface area contributed by atoms with Gasteiger partial charge in [-0.05, 0) is 50.9 Å². The second kappa shape index (κ2) is 6.89. The molecule has 3 fully saturated rings. The van der Waals surface area contributed by atoms with Gasteiger partial charge in [-0.1, -0.05) is 6.08 Å². The number of ether oxygens (including phenoxy) is 1. The van der Waals surface area contributed by atoms with Crippen LogP contribution in [-0.4, -0.2) is 42.7 Å². The van der Waals surface area contributed by atoms with Crippen molar-refractivity contribution in [1.82, 2.24) is 15.3 Å². The maximum atomic E-state index is 12.7. The fourth-order valence-corrected chi connectivity index (χ4v) is 4.19. The van der Waals surface area contributed by atoms with E-state index in [0.29, 0.717) is 17.4 Å².